The summed E-state index contributed by atoms with van der Waals surface area (Å²) in [6.45, 7) is 22.5. The summed E-state index contributed by atoms with van der Waals surface area (Å²) in [7, 11) is 0. The van der Waals surface area contributed by atoms with Crippen LogP contribution in [-0.2, 0) is 0 Å². The number of rotatable bonds is 10. The van der Waals surface area contributed by atoms with Gasteiger partial charge in [0.05, 0.1) is 0 Å². The molecule has 0 radical (unpaired) electrons. The summed E-state index contributed by atoms with van der Waals surface area (Å²) >= 11 is 0. The molecule has 0 N–H and O–H groups in total. The number of hydrogen-bond donors (Lipinski definition) is 0. The Morgan fingerprint density at radius 1 is 0.625 bits per heavy atom. The Labute approximate surface area is 247 Å². The second-order valence-corrected chi connectivity index (χ2v) is 12.9. The zero-order valence-electron chi connectivity index (χ0n) is 27.1. The Morgan fingerprint density at radius 2 is 1.10 bits per heavy atom. The van der Waals surface area contributed by atoms with Crippen molar-refractivity contribution in [3.8, 4) is 0 Å². The molecule has 0 aromatic heterocycles. The van der Waals surface area contributed by atoms with Crippen LogP contribution in [0.5, 0.6) is 0 Å². The van der Waals surface area contributed by atoms with E-state index in [1.807, 2.05) is 0 Å². The monoisotopic (exact) mass is 534 g/mol. The first-order valence-corrected chi connectivity index (χ1v) is 15.0. The molecular weight excluding hydrogens is 480 g/mol. The lowest BCUT2D eigenvalue weighted by molar-refractivity contribution is 0.377. The fourth-order valence-electron chi connectivity index (χ4n) is 5.42. The van der Waals surface area contributed by atoms with Crippen LogP contribution < -0.4 is 0 Å². The highest BCUT2D eigenvalue weighted by atomic mass is 14.3. The topological polar surface area (TPSA) is 0 Å². The Kier molecular flexibility index (Phi) is 12.9. The molecule has 0 amide bonds. The summed E-state index contributed by atoms with van der Waals surface area (Å²) in [5.74, 6) is 0. The van der Waals surface area contributed by atoms with Gasteiger partial charge in [-0.3, -0.25) is 0 Å². The first-order chi connectivity index (χ1) is 18.8. The molecule has 0 bridgehead atoms. The van der Waals surface area contributed by atoms with E-state index in [-0.39, 0.29) is 10.8 Å². The molecule has 0 spiro atoms. The van der Waals surface area contributed by atoms with Gasteiger partial charge in [0.2, 0.25) is 0 Å². The molecular formula is C40H54. The van der Waals surface area contributed by atoms with Crippen molar-refractivity contribution in [1.29, 1.82) is 0 Å². The van der Waals surface area contributed by atoms with E-state index in [9.17, 15) is 0 Å². The van der Waals surface area contributed by atoms with Crippen LogP contribution in [0.2, 0.25) is 0 Å². The molecule has 0 atom stereocenters. The predicted octanol–water partition coefficient (Wildman–Crippen LogP) is 12.4. The van der Waals surface area contributed by atoms with Crippen molar-refractivity contribution in [3.05, 3.63) is 142 Å². The predicted molar refractivity (Wildman–Crippen MR) is 181 cm³/mol. The second-order valence-electron chi connectivity index (χ2n) is 12.9. The smallest absolute Gasteiger partial charge is 0.00749 e. The minimum absolute atomic E-state index is 0.111. The molecule has 0 heterocycles. The van der Waals surface area contributed by atoms with Crippen LogP contribution in [0.3, 0.4) is 0 Å². The first kappa shape index (κ1) is 33.1. The molecule has 0 aliphatic heterocycles. The van der Waals surface area contributed by atoms with Crippen molar-refractivity contribution in [3.63, 3.8) is 0 Å². The molecule has 0 nitrogen and oxygen atoms in total. The van der Waals surface area contributed by atoms with E-state index >= 15 is 0 Å². The Hall–Kier alpha value is -3.12. The Balaban J connectivity index is 1.89. The Morgan fingerprint density at radius 3 is 1.60 bits per heavy atom. The summed E-state index contributed by atoms with van der Waals surface area (Å²) in [5.41, 5.74) is 11.3. The van der Waals surface area contributed by atoms with Gasteiger partial charge in [-0.25, -0.2) is 0 Å². The molecule has 0 saturated heterocycles. The molecule has 0 fully saturated rings. The van der Waals surface area contributed by atoms with Gasteiger partial charge in [-0.15, -0.1) is 0 Å². The first-order valence-electron chi connectivity index (χ1n) is 15.0. The van der Waals surface area contributed by atoms with E-state index in [4.69, 9.17) is 0 Å². The van der Waals surface area contributed by atoms with Gasteiger partial charge in [-0.1, -0.05) is 158 Å². The minimum atomic E-state index is 0.111. The molecule has 2 rings (SSSR count). The summed E-state index contributed by atoms with van der Waals surface area (Å²) < 4.78 is 0. The van der Waals surface area contributed by atoms with Crippen LogP contribution in [0.15, 0.2) is 142 Å². The van der Waals surface area contributed by atoms with Gasteiger partial charge < -0.3 is 0 Å². The third-order valence-electron chi connectivity index (χ3n) is 7.95. The molecule has 2 aliphatic rings. The molecule has 0 heteroatoms. The van der Waals surface area contributed by atoms with E-state index in [0.717, 1.165) is 6.42 Å². The van der Waals surface area contributed by atoms with Gasteiger partial charge >= 0.3 is 0 Å². The van der Waals surface area contributed by atoms with Crippen LogP contribution in [0.25, 0.3) is 0 Å². The molecule has 0 aromatic carbocycles. The molecule has 40 heavy (non-hydrogen) atoms. The van der Waals surface area contributed by atoms with Crippen molar-refractivity contribution in [2.45, 2.75) is 94.9 Å². The lowest BCUT2D eigenvalue weighted by Gasteiger charge is -2.32. The van der Waals surface area contributed by atoms with Crippen LogP contribution in [0, 0.1) is 10.8 Å². The summed E-state index contributed by atoms with van der Waals surface area (Å²) in [5, 5.41) is 0. The molecule has 0 aromatic rings. The van der Waals surface area contributed by atoms with Crippen LogP contribution >= 0.6 is 0 Å². The highest BCUT2D eigenvalue weighted by Gasteiger charge is 2.26. The molecule has 2 aliphatic carbocycles. The van der Waals surface area contributed by atoms with Crippen molar-refractivity contribution in [1.82, 2.24) is 0 Å². The van der Waals surface area contributed by atoms with Crippen molar-refractivity contribution >= 4 is 0 Å². The average Bonchev–Trinajstić information content (AvgIpc) is 2.85. The zero-order valence-corrected chi connectivity index (χ0v) is 27.1. The quantitative estimate of drug-likeness (QED) is 0.193. The van der Waals surface area contributed by atoms with Crippen LogP contribution in [0.4, 0.5) is 0 Å². The third kappa shape index (κ3) is 11.2. The van der Waals surface area contributed by atoms with Crippen LogP contribution in [-0.4, -0.2) is 0 Å². The molecule has 214 valence electrons. The summed E-state index contributed by atoms with van der Waals surface area (Å²) in [4.78, 5) is 0. The van der Waals surface area contributed by atoms with Gasteiger partial charge in [0.15, 0.2) is 0 Å². The standard InChI is InChI=1S/C40H54/c1-31(19-13-21-33(3)25-27-37-35(5)23-15-29-39(37,7)8)17-11-12-18-32(2)20-14-22-34(4)26-28-38-36(6)24-16-30-40(38,9)10/h11-15,17-22,25-29H,16,23-24,30H2,1-10H3/b12-11+,19-13+,20-14+,27-25+,28-26+,31-17+,32-18+,33-21+,34-22+. The van der Waals surface area contributed by atoms with E-state index in [1.165, 1.54) is 58.3 Å². The fraction of sp³-hybridized carbons (Fsp3) is 0.400. The SMILES string of the molecule is CC1=C(/C=C/C(C)=C/C=C/C(C)=C/C=C/C=C(C)/C=C/C=C(C)/C=C/C2=C(C)CCCC2(C)C)C(C)(C)C=CC1. The van der Waals surface area contributed by atoms with Crippen LogP contribution in [0.1, 0.15) is 94.9 Å². The van der Waals surface area contributed by atoms with E-state index in [0.29, 0.717) is 0 Å². The normalized spacial score (nSPS) is 21.6. The minimum Gasteiger partial charge on any atom is -0.0836 e. The summed E-state index contributed by atoms with van der Waals surface area (Å²) in [6, 6.07) is 0. The highest BCUT2D eigenvalue weighted by Crippen LogP contribution is 2.41. The maximum Gasteiger partial charge on any atom is 0.00749 e. The van der Waals surface area contributed by atoms with E-state index < -0.39 is 0 Å². The van der Waals surface area contributed by atoms with Crippen molar-refractivity contribution in [2.75, 3.05) is 0 Å². The van der Waals surface area contributed by atoms with Gasteiger partial charge in [-0.2, -0.15) is 0 Å². The summed E-state index contributed by atoms with van der Waals surface area (Å²) in [6.07, 6.45) is 40.1. The largest absolute Gasteiger partial charge is 0.0836 e. The van der Waals surface area contributed by atoms with Crippen molar-refractivity contribution < 1.29 is 0 Å². The van der Waals surface area contributed by atoms with Gasteiger partial charge in [0.25, 0.3) is 0 Å². The maximum atomic E-state index is 2.37. The Bertz CT molecular complexity index is 1190. The number of hydrogen-bond acceptors (Lipinski definition) is 0. The van der Waals surface area contributed by atoms with Gasteiger partial charge in [0, 0.05) is 5.41 Å². The second kappa shape index (κ2) is 15.6. The van der Waals surface area contributed by atoms with Crippen molar-refractivity contribution in [2.24, 2.45) is 10.8 Å². The third-order valence-corrected chi connectivity index (χ3v) is 7.95. The lowest BCUT2D eigenvalue weighted by atomic mass is 9.72. The zero-order chi connectivity index (χ0) is 29.8. The van der Waals surface area contributed by atoms with Gasteiger partial charge in [-0.05, 0) is 83.8 Å². The highest BCUT2D eigenvalue weighted by molar-refractivity contribution is 5.41. The fourth-order valence-corrected chi connectivity index (χ4v) is 5.42. The van der Waals surface area contributed by atoms with Gasteiger partial charge in [0.1, 0.15) is 0 Å². The molecule has 0 unspecified atom stereocenters. The molecule has 0 saturated carbocycles. The number of allylic oxidation sites excluding steroid dienone is 24. The average molecular weight is 535 g/mol. The van der Waals surface area contributed by atoms with E-state index in [1.54, 1.807) is 5.57 Å². The van der Waals surface area contributed by atoms with E-state index in [2.05, 4.69) is 166 Å². The lowest BCUT2D eigenvalue weighted by Crippen LogP contribution is -2.19. The maximum absolute atomic E-state index is 2.37.